The molecule has 0 aliphatic heterocycles. The highest BCUT2D eigenvalue weighted by atomic mass is 32.2. The summed E-state index contributed by atoms with van der Waals surface area (Å²) in [5, 5.41) is 0. The van der Waals surface area contributed by atoms with Crippen LogP contribution in [0.1, 0.15) is 49.9 Å². The Kier molecular flexibility index (Phi) is 9.36. The zero-order valence-corrected chi connectivity index (χ0v) is 16.4. The van der Waals surface area contributed by atoms with Crippen molar-refractivity contribution in [3.63, 3.8) is 0 Å². The van der Waals surface area contributed by atoms with Crippen LogP contribution in [0.3, 0.4) is 0 Å². The van der Waals surface area contributed by atoms with Gasteiger partial charge >= 0.3 is 11.9 Å². The molecule has 8 radical (unpaired) electrons. The summed E-state index contributed by atoms with van der Waals surface area (Å²) in [6.45, 7) is 0.999. The van der Waals surface area contributed by atoms with E-state index in [2.05, 4.69) is 0 Å². The zero-order chi connectivity index (χ0) is 21.5. The molecule has 0 unspecified atom stereocenters. The summed E-state index contributed by atoms with van der Waals surface area (Å²) in [5.74, 6) is -2.64. The number of esters is 2. The number of ether oxygens (including phenoxy) is 2. The van der Waals surface area contributed by atoms with Crippen LogP contribution in [0.4, 0.5) is 0 Å². The van der Waals surface area contributed by atoms with E-state index in [4.69, 9.17) is 45.4 Å². The standard InChI is InChI=1S/C16H18B4O7S/c1-2-26-15(21)13-11(7-19)9(5-17)10(6-18)12(8-20)14(13)16(22)27-3-4-28(23,24)25/h2-8H2,1H3,(H,23,24,25). The van der Waals surface area contributed by atoms with Gasteiger partial charge < -0.3 is 9.47 Å². The van der Waals surface area contributed by atoms with Crippen molar-refractivity contribution in [2.45, 2.75) is 32.2 Å². The number of hydrogen-bond donors (Lipinski definition) is 1. The number of carbonyl (C=O) groups is 2. The van der Waals surface area contributed by atoms with Crippen LogP contribution in [0.5, 0.6) is 0 Å². The monoisotopic (exact) mass is 398 g/mol. The summed E-state index contributed by atoms with van der Waals surface area (Å²) in [5.41, 5.74) is 1.12. The maximum atomic E-state index is 12.7. The van der Waals surface area contributed by atoms with Crippen LogP contribution in [-0.4, -0.2) is 75.3 Å². The van der Waals surface area contributed by atoms with Crippen molar-refractivity contribution >= 4 is 53.4 Å². The number of hydrogen-bond acceptors (Lipinski definition) is 6. The Bertz CT molecular complexity index is 840. The topological polar surface area (TPSA) is 107 Å². The fraction of sp³-hybridized carbons (Fsp3) is 0.500. The molecule has 1 N–H and O–H groups in total. The lowest BCUT2D eigenvalue weighted by molar-refractivity contribution is 0.0477. The molecular formula is C16H18B4O7S. The van der Waals surface area contributed by atoms with E-state index in [0.717, 1.165) is 0 Å². The summed E-state index contributed by atoms with van der Waals surface area (Å²) in [7, 11) is 18.9. The molecule has 0 amide bonds. The largest absolute Gasteiger partial charge is 0.462 e. The van der Waals surface area contributed by atoms with Crippen molar-refractivity contribution in [3.05, 3.63) is 33.4 Å². The van der Waals surface area contributed by atoms with Crippen molar-refractivity contribution in [2.75, 3.05) is 19.0 Å². The second-order valence-electron chi connectivity index (χ2n) is 5.62. The van der Waals surface area contributed by atoms with Gasteiger partial charge in [0.05, 0.1) is 49.1 Å². The molecule has 0 bridgehead atoms. The zero-order valence-electron chi connectivity index (χ0n) is 15.6. The highest BCUT2D eigenvalue weighted by Gasteiger charge is 2.30. The Labute approximate surface area is 170 Å². The molecule has 0 spiro atoms. The SMILES string of the molecule is [B]Cc1c(C[B])c(C[B])c(C(=O)OCCS(=O)(=O)O)c(C(=O)OCC)c1C[B]. The third-order valence-electron chi connectivity index (χ3n) is 4.02. The van der Waals surface area contributed by atoms with E-state index in [1.807, 2.05) is 0 Å². The van der Waals surface area contributed by atoms with Gasteiger partial charge in [-0.25, -0.2) is 9.59 Å². The summed E-state index contributed by atoms with van der Waals surface area (Å²) < 4.78 is 40.4. The number of carbonyl (C=O) groups excluding carboxylic acids is 2. The van der Waals surface area contributed by atoms with Gasteiger partial charge in [-0.3, -0.25) is 4.55 Å². The van der Waals surface area contributed by atoms with Crippen LogP contribution in [0.2, 0.25) is 0 Å². The van der Waals surface area contributed by atoms with Crippen molar-refractivity contribution in [1.82, 2.24) is 0 Å². The second-order valence-corrected chi connectivity index (χ2v) is 7.20. The molecule has 1 aromatic rings. The molecule has 0 atom stereocenters. The summed E-state index contributed by atoms with van der Waals surface area (Å²) >= 11 is 0. The fourth-order valence-electron chi connectivity index (χ4n) is 2.88. The quantitative estimate of drug-likeness (QED) is 0.325. The first-order chi connectivity index (χ1) is 13.2. The molecule has 0 aliphatic carbocycles. The maximum absolute atomic E-state index is 12.7. The lowest BCUT2D eigenvalue weighted by atomic mass is 9.72. The van der Waals surface area contributed by atoms with Crippen molar-refractivity contribution in [3.8, 4) is 0 Å². The van der Waals surface area contributed by atoms with Gasteiger partial charge in [-0.2, -0.15) is 8.42 Å². The molecule has 7 nitrogen and oxygen atoms in total. The van der Waals surface area contributed by atoms with Gasteiger partial charge in [0.15, 0.2) is 0 Å². The maximum Gasteiger partial charge on any atom is 0.339 e. The number of benzene rings is 1. The highest BCUT2D eigenvalue weighted by Crippen LogP contribution is 2.31. The first kappa shape index (κ1) is 24.4. The molecule has 142 valence electrons. The molecule has 1 aromatic carbocycles. The Morgan fingerprint density at radius 1 is 0.821 bits per heavy atom. The van der Waals surface area contributed by atoms with E-state index in [1.54, 1.807) is 6.92 Å². The van der Waals surface area contributed by atoms with Gasteiger partial charge in [-0.15, -0.1) is 0 Å². The molecule has 0 saturated carbocycles. The van der Waals surface area contributed by atoms with Crippen LogP contribution >= 0.6 is 0 Å². The van der Waals surface area contributed by atoms with Gasteiger partial charge in [0.1, 0.15) is 12.4 Å². The molecular weight excluding hydrogens is 379 g/mol. The molecule has 0 fully saturated rings. The van der Waals surface area contributed by atoms with Crippen LogP contribution in [0.15, 0.2) is 0 Å². The molecule has 12 heteroatoms. The van der Waals surface area contributed by atoms with Crippen LogP contribution in [-0.2, 0) is 44.9 Å². The van der Waals surface area contributed by atoms with Gasteiger partial charge in [0, 0.05) is 0 Å². The smallest absolute Gasteiger partial charge is 0.339 e. The van der Waals surface area contributed by atoms with Crippen LogP contribution in [0, 0.1) is 0 Å². The molecule has 0 saturated heterocycles. The summed E-state index contributed by atoms with van der Waals surface area (Å²) in [4.78, 5) is 25.3. The minimum atomic E-state index is -4.34. The van der Waals surface area contributed by atoms with E-state index < -0.39 is 34.4 Å². The number of rotatable bonds is 10. The third kappa shape index (κ3) is 5.67. The lowest BCUT2D eigenvalue weighted by Crippen LogP contribution is -2.24. The van der Waals surface area contributed by atoms with E-state index in [0.29, 0.717) is 11.1 Å². The Hall–Kier alpha value is -1.67. The first-order valence-corrected chi connectivity index (χ1v) is 10.1. The van der Waals surface area contributed by atoms with Crippen molar-refractivity contribution < 1.29 is 32.0 Å². The van der Waals surface area contributed by atoms with E-state index in [-0.39, 0.29) is 54.1 Å². The Balaban J connectivity index is 3.69. The molecule has 28 heavy (non-hydrogen) atoms. The van der Waals surface area contributed by atoms with Gasteiger partial charge in [0.25, 0.3) is 10.1 Å². The average molecular weight is 398 g/mol. The first-order valence-electron chi connectivity index (χ1n) is 8.45. The Morgan fingerprint density at radius 2 is 1.21 bits per heavy atom. The Morgan fingerprint density at radius 3 is 1.54 bits per heavy atom. The molecule has 0 aromatic heterocycles. The third-order valence-corrected chi connectivity index (χ3v) is 4.70. The minimum Gasteiger partial charge on any atom is -0.462 e. The van der Waals surface area contributed by atoms with E-state index in [9.17, 15) is 18.0 Å². The van der Waals surface area contributed by atoms with Crippen molar-refractivity contribution in [1.29, 1.82) is 0 Å². The average Bonchev–Trinajstić information content (AvgIpc) is 2.64. The normalized spacial score (nSPS) is 11.2. The fourth-order valence-corrected chi connectivity index (χ4v) is 3.17. The van der Waals surface area contributed by atoms with E-state index in [1.165, 1.54) is 0 Å². The predicted octanol–water partition coefficient (Wildman–Crippen LogP) is -0.418. The summed E-state index contributed by atoms with van der Waals surface area (Å²) in [6, 6.07) is 0. The summed E-state index contributed by atoms with van der Waals surface area (Å²) in [6.07, 6.45) is -0.333. The van der Waals surface area contributed by atoms with Crippen molar-refractivity contribution in [2.24, 2.45) is 0 Å². The van der Waals surface area contributed by atoms with Crippen LogP contribution in [0.25, 0.3) is 0 Å². The minimum absolute atomic E-state index is 0.00342. The highest BCUT2D eigenvalue weighted by molar-refractivity contribution is 7.85. The van der Waals surface area contributed by atoms with Gasteiger partial charge in [0.2, 0.25) is 0 Å². The van der Waals surface area contributed by atoms with E-state index >= 15 is 0 Å². The molecule has 1 rings (SSSR count). The van der Waals surface area contributed by atoms with Gasteiger partial charge in [-0.1, -0.05) is 36.4 Å². The van der Waals surface area contributed by atoms with Gasteiger partial charge in [-0.05, 0) is 18.1 Å². The molecule has 0 aliphatic rings. The molecule has 0 heterocycles. The van der Waals surface area contributed by atoms with Crippen LogP contribution < -0.4 is 0 Å². The predicted molar refractivity (Wildman–Crippen MR) is 107 cm³/mol. The lowest BCUT2D eigenvalue weighted by Gasteiger charge is -2.24. The second kappa shape index (κ2) is 10.8.